The Morgan fingerprint density at radius 1 is 0.880 bits per heavy atom. The molecule has 0 radical (unpaired) electrons. The van der Waals surface area contributed by atoms with Gasteiger partial charge in [-0.2, -0.15) is 0 Å². The van der Waals surface area contributed by atoms with Gasteiger partial charge in [-0.1, -0.05) is 6.07 Å². The highest BCUT2D eigenvalue weighted by Gasteiger charge is 2.16. The average Bonchev–Trinajstić information content (AvgIpc) is 3.07. The standard InChI is InChI=1S/C19H23NO4S/c1-20(2)25(21,22)19-10-8-17(9-11-19)23-12-13-24-18-7-6-15-4-3-5-16(15)14-18/h6-11,14H,3-5,12-13H2,1-2H3. The molecule has 0 fully saturated rings. The van der Waals surface area contributed by atoms with Crippen molar-refractivity contribution < 1.29 is 17.9 Å². The third-order valence-corrected chi connectivity index (χ3v) is 6.12. The van der Waals surface area contributed by atoms with Crippen LogP contribution < -0.4 is 9.47 Å². The quantitative estimate of drug-likeness (QED) is 0.712. The largest absolute Gasteiger partial charge is 0.490 e. The van der Waals surface area contributed by atoms with Crippen molar-refractivity contribution in [1.29, 1.82) is 0 Å². The zero-order valence-electron chi connectivity index (χ0n) is 14.6. The monoisotopic (exact) mass is 361 g/mol. The van der Waals surface area contributed by atoms with Gasteiger partial charge in [0, 0.05) is 14.1 Å². The Kier molecular flexibility index (Phi) is 5.30. The van der Waals surface area contributed by atoms with Gasteiger partial charge in [0.25, 0.3) is 0 Å². The molecule has 2 aromatic carbocycles. The Morgan fingerprint density at radius 3 is 2.16 bits per heavy atom. The van der Waals surface area contributed by atoms with Crippen molar-refractivity contribution in [3.63, 3.8) is 0 Å². The molecular formula is C19H23NO4S. The molecule has 0 N–H and O–H groups in total. The smallest absolute Gasteiger partial charge is 0.242 e. The van der Waals surface area contributed by atoms with E-state index >= 15 is 0 Å². The molecule has 2 aromatic rings. The summed E-state index contributed by atoms with van der Waals surface area (Å²) in [4.78, 5) is 0.249. The number of nitrogens with zero attached hydrogens (tertiary/aromatic N) is 1. The second kappa shape index (κ2) is 7.45. The maximum Gasteiger partial charge on any atom is 0.242 e. The van der Waals surface area contributed by atoms with E-state index in [1.807, 2.05) is 6.07 Å². The van der Waals surface area contributed by atoms with E-state index in [2.05, 4.69) is 12.1 Å². The number of sulfonamides is 1. The molecule has 0 atom stereocenters. The lowest BCUT2D eigenvalue weighted by Gasteiger charge is -2.12. The van der Waals surface area contributed by atoms with Crippen molar-refractivity contribution >= 4 is 10.0 Å². The number of ether oxygens (including phenoxy) is 2. The van der Waals surface area contributed by atoms with Crippen LogP contribution in [0.1, 0.15) is 17.5 Å². The first kappa shape index (κ1) is 17.8. The second-order valence-electron chi connectivity index (χ2n) is 6.24. The molecule has 0 aliphatic heterocycles. The number of benzene rings is 2. The van der Waals surface area contributed by atoms with E-state index < -0.39 is 10.0 Å². The number of fused-ring (bicyclic) bond motifs is 1. The van der Waals surface area contributed by atoms with Crippen molar-refractivity contribution in [1.82, 2.24) is 4.31 Å². The summed E-state index contributed by atoms with van der Waals surface area (Å²) in [6.45, 7) is 0.841. The zero-order valence-corrected chi connectivity index (χ0v) is 15.4. The van der Waals surface area contributed by atoms with Crippen molar-refractivity contribution in [3.05, 3.63) is 53.6 Å². The fraction of sp³-hybridized carbons (Fsp3) is 0.368. The molecule has 0 aromatic heterocycles. The highest BCUT2D eigenvalue weighted by Crippen LogP contribution is 2.26. The molecule has 0 amide bonds. The predicted octanol–water partition coefficient (Wildman–Crippen LogP) is 2.88. The molecule has 0 unspecified atom stereocenters. The first-order valence-electron chi connectivity index (χ1n) is 8.37. The van der Waals surface area contributed by atoms with E-state index in [1.54, 1.807) is 24.3 Å². The zero-order chi connectivity index (χ0) is 17.9. The minimum atomic E-state index is -3.41. The molecule has 1 aliphatic rings. The number of hydrogen-bond donors (Lipinski definition) is 0. The summed E-state index contributed by atoms with van der Waals surface area (Å²) in [5.74, 6) is 1.49. The van der Waals surface area contributed by atoms with E-state index in [0.717, 1.165) is 18.6 Å². The second-order valence-corrected chi connectivity index (χ2v) is 8.39. The summed E-state index contributed by atoms with van der Waals surface area (Å²) in [6, 6.07) is 12.7. The Bertz CT molecular complexity index is 829. The lowest BCUT2D eigenvalue weighted by molar-refractivity contribution is 0.217. The molecular weight excluding hydrogens is 338 g/mol. The molecule has 0 heterocycles. The van der Waals surface area contributed by atoms with Crippen LogP contribution in [0.15, 0.2) is 47.4 Å². The van der Waals surface area contributed by atoms with Gasteiger partial charge < -0.3 is 9.47 Å². The van der Waals surface area contributed by atoms with Gasteiger partial charge in [0.15, 0.2) is 0 Å². The summed E-state index contributed by atoms with van der Waals surface area (Å²) in [5, 5.41) is 0. The lowest BCUT2D eigenvalue weighted by atomic mass is 10.1. The number of aryl methyl sites for hydroxylation is 2. The Morgan fingerprint density at radius 2 is 1.48 bits per heavy atom. The van der Waals surface area contributed by atoms with Crippen LogP contribution >= 0.6 is 0 Å². The highest BCUT2D eigenvalue weighted by molar-refractivity contribution is 7.89. The molecule has 0 bridgehead atoms. The van der Waals surface area contributed by atoms with Gasteiger partial charge in [0.05, 0.1) is 4.90 Å². The van der Waals surface area contributed by atoms with Crippen LogP contribution in [0.25, 0.3) is 0 Å². The summed E-state index contributed by atoms with van der Waals surface area (Å²) in [7, 11) is -0.387. The van der Waals surface area contributed by atoms with Crippen LogP contribution in [0.3, 0.4) is 0 Å². The first-order valence-corrected chi connectivity index (χ1v) is 9.81. The van der Waals surface area contributed by atoms with Gasteiger partial charge in [0.2, 0.25) is 10.0 Å². The normalized spacial score (nSPS) is 13.7. The number of rotatable bonds is 7. The fourth-order valence-corrected chi connectivity index (χ4v) is 3.78. The average molecular weight is 361 g/mol. The highest BCUT2D eigenvalue weighted by atomic mass is 32.2. The maximum absolute atomic E-state index is 12.0. The summed E-state index contributed by atoms with van der Waals surface area (Å²) >= 11 is 0. The van der Waals surface area contributed by atoms with Crippen LogP contribution in [0.4, 0.5) is 0 Å². The molecule has 0 saturated heterocycles. The van der Waals surface area contributed by atoms with Crippen LogP contribution in [-0.2, 0) is 22.9 Å². The van der Waals surface area contributed by atoms with E-state index in [-0.39, 0.29) is 4.90 Å². The van der Waals surface area contributed by atoms with Gasteiger partial charge in [-0.05, 0) is 66.8 Å². The van der Waals surface area contributed by atoms with Gasteiger partial charge in [-0.3, -0.25) is 0 Å². The van der Waals surface area contributed by atoms with Gasteiger partial charge >= 0.3 is 0 Å². The fourth-order valence-electron chi connectivity index (χ4n) is 2.88. The van der Waals surface area contributed by atoms with Crippen molar-refractivity contribution in [3.8, 4) is 11.5 Å². The predicted molar refractivity (Wildman–Crippen MR) is 96.8 cm³/mol. The van der Waals surface area contributed by atoms with E-state index in [1.165, 1.54) is 35.9 Å². The minimum absolute atomic E-state index is 0.249. The molecule has 25 heavy (non-hydrogen) atoms. The molecule has 0 saturated carbocycles. The van der Waals surface area contributed by atoms with E-state index in [0.29, 0.717) is 19.0 Å². The molecule has 3 rings (SSSR count). The van der Waals surface area contributed by atoms with E-state index in [4.69, 9.17) is 9.47 Å². The Hall–Kier alpha value is -2.05. The van der Waals surface area contributed by atoms with Gasteiger partial charge in [0.1, 0.15) is 24.7 Å². The lowest BCUT2D eigenvalue weighted by Crippen LogP contribution is -2.22. The van der Waals surface area contributed by atoms with Crippen molar-refractivity contribution in [2.75, 3.05) is 27.3 Å². The van der Waals surface area contributed by atoms with E-state index in [9.17, 15) is 8.42 Å². The maximum atomic E-state index is 12.0. The van der Waals surface area contributed by atoms with Crippen LogP contribution in [0, 0.1) is 0 Å². The third kappa shape index (κ3) is 4.14. The van der Waals surface area contributed by atoms with Crippen LogP contribution in [-0.4, -0.2) is 40.0 Å². The third-order valence-electron chi connectivity index (χ3n) is 4.29. The minimum Gasteiger partial charge on any atom is -0.490 e. The van der Waals surface area contributed by atoms with Gasteiger partial charge in [-0.25, -0.2) is 12.7 Å². The van der Waals surface area contributed by atoms with Crippen molar-refractivity contribution in [2.24, 2.45) is 0 Å². The summed E-state index contributed by atoms with van der Waals surface area (Å²) in [5.41, 5.74) is 2.81. The summed E-state index contributed by atoms with van der Waals surface area (Å²) in [6.07, 6.45) is 3.52. The molecule has 6 heteroatoms. The summed E-state index contributed by atoms with van der Waals surface area (Å²) < 4.78 is 36.6. The topological polar surface area (TPSA) is 55.8 Å². The SMILES string of the molecule is CN(C)S(=O)(=O)c1ccc(OCCOc2ccc3c(c2)CCC3)cc1. The van der Waals surface area contributed by atoms with Gasteiger partial charge in [-0.15, -0.1) is 0 Å². The molecule has 5 nitrogen and oxygen atoms in total. The first-order chi connectivity index (χ1) is 12.0. The molecule has 0 spiro atoms. The van der Waals surface area contributed by atoms with Crippen molar-refractivity contribution in [2.45, 2.75) is 24.2 Å². The van der Waals surface area contributed by atoms with Crippen LogP contribution in [0.5, 0.6) is 11.5 Å². The molecule has 1 aliphatic carbocycles. The number of hydrogen-bond acceptors (Lipinski definition) is 4. The Balaban J connectivity index is 1.49. The molecule has 134 valence electrons. The Labute approximate surface area is 149 Å². The van der Waals surface area contributed by atoms with Crippen LogP contribution in [0.2, 0.25) is 0 Å².